The normalized spacial score (nSPS) is 22.1. The van der Waals surface area contributed by atoms with Gasteiger partial charge < -0.3 is 4.90 Å². The fourth-order valence-corrected chi connectivity index (χ4v) is 5.09. The van der Waals surface area contributed by atoms with Gasteiger partial charge in [0.05, 0.1) is 18.2 Å². The van der Waals surface area contributed by atoms with Crippen molar-refractivity contribution >= 4 is 17.5 Å². The van der Waals surface area contributed by atoms with Crippen LogP contribution in [-0.4, -0.2) is 17.9 Å². The molecule has 2 aliphatic heterocycles. The van der Waals surface area contributed by atoms with Gasteiger partial charge in [-0.3, -0.25) is 4.79 Å². The van der Waals surface area contributed by atoms with E-state index in [2.05, 4.69) is 12.1 Å². The van der Waals surface area contributed by atoms with Crippen molar-refractivity contribution in [2.75, 3.05) is 4.90 Å². The molecule has 6 heteroatoms. The molecule has 0 spiro atoms. The number of nitriles is 2. The molecule has 3 atom stereocenters. The highest BCUT2D eigenvalue weighted by molar-refractivity contribution is 6.04. The molecule has 0 amide bonds. The molecule has 1 saturated heterocycles. The molecule has 0 aliphatic carbocycles. The molecule has 0 unspecified atom stereocenters. The second kappa shape index (κ2) is 7.69. The number of rotatable bonds is 3. The van der Waals surface area contributed by atoms with Crippen molar-refractivity contribution in [3.8, 4) is 12.1 Å². The van der Waals surface area contributed by atoms with E-state index < -0.39 is 35.1 Å². The van der Waals surface area contributed by atoms with Crippen molar-refractivity contribution in [3.05, 3.63) is 107 Å². The molecule has 3 aromatic carbocycles. The molecule has 0 radical (unpaired) electrons. The van der Waals surface area contributed by atoms with Gasteiger partial charge in [-0.25, -0.2) is 8.78 Å². The minimum absolute atomic E-state index is 0.250. The zero-order chi connectivity index (χ0) is 23.2. The third-order valence-corrected chi connectivity index (χ3v) is 6.52. The number of nitrogens with zero attached hydrogens (tertiary/aromatic N) is 3. The Hall–Kier alpha value is -4.29. The number of hydrogen-bond acceptors (Lipinski definition) is 4. The molecule has 0 saturated carbocycles. The number of hydrogen-bond donors (Lipinski definition) is 0. The predicted octanol–water partition coefficient (Wildman–Crippen LogP) is 5.25. The number of Topliss-reactive ketones (excluding diaryl/α,β-unsaturated/α-hetero) is 1. The lowest BCUT2D eigenvalue weighted by Crippen LogP contribution is -2.44. The molecular formula is C27H17F2N3O. The lowest BCUT2D eigenvalue weighted by molar-refractivity contribution is 0.0951. The van der Waals surface area contributed by atoms with Crippen LogP contribution in [0.5, 0.6) is 0 Å². The standard InChI is InChI=1S/C27H17F2N3O/c28-20-11-8-18(9-12-20)26(33)25-24(19-5-3-6-21(29)14-19)27(15-30,16-31)23-13-10-17-4-1-2-7-22(17)32(23)25/h1-14,23-25H/t23-,24-,25+/m1/s1. The van der Waals surface area contributed by atoms with E-state index in [0.29, 0.717) is 11.3 Å². The highest BCUT2D eigenvalue weighted by Crippen LogP contribution is 2.55. The molecule has 5 rings (SSSR count). The van der Waals surface area contributed by atoms with E-state index in [1.807, 2.05) is 30.3 Å². The van der Waals surface area contributed by atoms with Crippen molar-refractivity contribution < 1.29 is 13.6 Å². The number of fused-ring (bicyclic) bond motifs is 3. The minimum atomic E-state index is -1.65. The van der Waals surface area contributed by atoms with Gasteiger partial charge >= 0.3 is 0 Å². The van der Waals surface area contributed by atoms with Gasteiger partial charge in [0.15, 0.2) is 11.2 Å². The van der Waals surface area contributed by atoms with Gasteiger partial charge in [0.25, 0.3) is 0 Å². The number of anilines is 1. The van der Waals surface area contributed by atoms with Crippen LogP contribution in [0.25, 0.3) is 6.08 Å². The third-order valence-electron chi connectivity index (χ3n) is 6.52. The highest BCUT2D eigenvalue weighted by Gasteiger charge is 2.63. The Kier molecular flexibility index (Phi) is 4.80. The summed E-state index contributed by atoms with van der Waals surface area (Å²) in [7, 11) is 0. The number of benzene rings is 3. The summed E-state index contributed by atoms with van der Waals surface area (Å²) in [5.74, 6) is -2.31. The molecule has 4 nitrogen and oxygen atoms in total. The maximum Gasteiger partial charge on any atom is 0.185 e. The monoisotopic (exact) mass is 437 g/mol. The van der Waals surface area contributed by atoms with Gasteiger partial charge in [-0.15, -0.1) is 0 Å². The maximum atomic E-state index is 14.3. The van der Waals surface area contributed by atoms with Crippen LogP contribution in [0.4, 0.5) is 14.5 Å². The van der Waals surface area contributed by atoms with E-state index in [9.17, 15) is 24.1 Å². The predicted molar refractivity (Wildman–Crippen MR) is 119 cm³/mol. The van der Waals surface area contributed by atoms with Crippen molar-refractivity contribution in [2.24, 2.45) is 5.41 Å². The summed E-state index contributed by atoms with van der Waals surface area (Å²) in [5.41, 5.74) is 0.534. The van der Waals surface area contributed by atoms with Crippen LogP contribution >= 0.6 is 0 Å². The molecule has 0 aromatic heterocycles. The third kappa shape index (κ3) is 3.03. The second-order valence-electron chi connectivity index (χ2n) is 8.21. The molecule has 0 N–H and O–H groups in total. The largest absolute Gasteiger partial charge is 0.351 e. The number of ketones is 1. The van der Waals surface area contributed by atoms with Crippen molar-refractivity contribution in [1.29, 1.82) is 10.5 Å². The molecular weight excluding hydrogens is 420 g/mol. The zero-order valence-electron chi connectivity index (χ0n) is 17.3. The fourth-order valence-electron chi connectivity index (χ4n) is 5.09. The summed E-state index contributed by atoms with van der Waals surface area (Å²) in [5, 5.41) is 20.6. The maximum absolute atomic E-state index is 14.3. The summed E-state index contributed by atoms with van der Waals surface area (Å²) >= 11 is 0. The Bertz CT molecular complexity index is 1350. The van der Waals surface area contributed by atoms with Crippen molar-refractivity contribution in [2.45, 2.75) is 18.0 Å². The molecule has 3 aromatic rings. The quantitative estimate of drug-likeness (QED) is 0.525. The van der Waals surface area contributed by atoms with Crippen LogP contribution in [-0.2, 0) is 0 Å². The smallest absolute Gasteiger partial charge is 0.185 e. The lowest BCUT2D eigenvalue weighted by Gasteiger charge is -2.35. The minimum Gasteiger partial charge on any atom is -0.351 e. The number of carbonyl (C=O) groups is 1. The SMILES string of the molecule is N#CC1(C#N)[C@H](c2cccc(F)c2)[C@@H](C(=O)c2ccc(F)cc2)N2c3ccccc3C=C[C@@H]21. The average Bonchev–Trinajstić information content (AvgIpc) is 3.15. The molecule has 33 heavy (non-hydrogen) atoms. The molecule has 1 fully saturated rings. The number of halogens is 2. The topological polar surface area (TPSA) is 67.9 Å². The lowest BCUT2D eigenvalue weighted by atomic mass is 9.69. The first-order valence-corrected chi connectivity index (χ1v) is 10.4. The fraction of sp³-hybridized carbons (Fsp3) is 0.148. The van der Waals surface area contributed by atoms with Crippen LogP contribution in [0.15, 0.2) is 78.9 Å². The summed E-state index contributed by atoms with van der Waals surface area (Å²) < 4.78 is 27.8. The highest BCUT2D eigenvalue weighted by atomic mass is 19.1. The first-order valence-electron chi connectivity index (χ1n) is 10.4. The summed E-state index contributed by atoms with van der Waals surface area (Å²) in [6, 6.07) is 20.9. The first-order chi connectivity index (χ1) is 16.0. The Morgan fingerprint density at radius 2 is 1.64 bits per heavy atom. The van der Waals surface area contributed by atoms with Crippen LogP contribution in [0, 0.1) is 39.7 Å². The number of para-hydroxylation sites is 1. The van der Waals surface area contributed by atoms with E-state index in [1.54, 1.807) is 17.0 Å². The van der Waals surface area contributed by atoms with Gasteiger partial charge in [-0.2, -0.15) is 10.5 Å². The molecule has 2 heterocycles. The van der Waals surface area contributed by atoms with E-state index in [4.69, 9.17) is 0 Å². The molecule has 2 aliphatic rings. The van der Waals surface area contributed by atoms with Crippen molar-refractivity contribution in [3.63, 3.8) is 0 Å². The summed E-state index contributed by atoms with van der Waals surface area (Å²) in [4.78, 5) is 15.7. The van der Waals surface area contributed by atoms with E-state index in [1.165, 1.54) is 42.5 Å². The van der Waals surface area contributed by atoms with E-state index in [0.717, 1.165) is 5.56 Å². The van der Waals surface area contributed by atoms with Gasteiger partial charge in [-0.05, 0) is 53.6 Å². The second-order valence-corrected chi connectivity index (χ2v) is 8.21. The first kappa shape index (κ1) is 20.6. The zero-order valence-corrected chi connectivity index (χ0v) is 17.3. The molecule has 160 valence electrons. The summed E-state index contributed by atoms with van der Waals surface area (Å²) in [6.45, 7) is 0. The Balaban J connectivity index is 1.79. The Labute approximate surface area is 189 Å². The van der Waals surface area contributed by atoms with Crippen LogP contribution in [0.3, 0.4) is 0 Å². The van der Waals surface area contributed by atoms with Crippen LogP contribution in [0.1, 0.15) is 27.4 Å². The van der Waals surface area contributed by atoms with Gasteiger partial charge in [-0.1, -0.05) is 42.5 Å². The molecule has 0 bridgehead atoms. The van der Waals surface area contributed by atoms with Crippen molar-refractivity contribution in [1.82, 2.24) is 0 Å². The average molecular weight is 437 g/mol. The van der Waals surface area contributed by atoms with E-state index >= 15 is 0 Å². The van der Waals surface area contributed by atoms with Gasteiger partial charge in [0.2, 0.25) is 0 Å². The summed E-state index contributed by atoms with van der Waals surface area (Å²) in [6.07, 6.45) is 3.60. The van der Waals surface area contributed by atoms with Crippen LogP contribution in [0.2, 0.25) is 0 Å². The Morgan fingerprint density at radius 3 is 2.33 bits per heavy atom. The van der Waals surface area contributed by atoms with E-state index in [-0.39, 0.29) is 11.3 Å². The van der Waals surface area contributed by atoms with Gasteiger partial charge in [0, 0.05) is 17.2 Å². The Morgan fingerprint density at radius 1 is 0.909 bits per heavy atom. The van der Waals surface area contributed by atoms with Crippen LogP contribution < -0.4 is 4.90 Å². The number of carbonyl (C=O) groups excluding carboxylic acids is 1. The van der Waals surface area contributed by atoms with Gasteiger partial charge in [0.1, 0.15) is 17.7 Å².